The molecule has 15 heavy (non-hydrogen) atoms. The van der Waals surface area contributed by atoms with E-state index in [0.29, 0.717) is 9.65 Å². The highest BCUT2D eigenvalue weighted by atomic mass is 79.9. The molecule has 0 spiro atoms. The Hall–Kier alpha value is 0.840. The van der Waals surface area contributed by atoms with E-state index >= 15 is 0 Å². The Balaban J connectivity index is -0.000000180. The van der Waals surface area contributed by atoms with E-state index in [0.717, 1.165) is 26.1 Å². The number of ether oxygens (including phenoxy) is 2. The van der Waals surface area contributed by atoms with Gasteiger partial charge in [-0.2, -0.15) is 0 Å². The SMILES string of the molecule is CCC(Br)COC.CCC(Br)COC.O. The van der Waals surface area contributed by atoms with E-state index in [2.05, 4.69) is 45.7 Å². The van der Waals surface area contributed by atoms with E-state index in [1.165, 1.54) is 0 Å². The van der Waals surface area contributed by atoms with Gasteiger partial charge in [-0.15, -0.1) is 0 Å². The Bertz CT molecular complexity index is 92.7. The summed E-state index contributed by atoms with van der Waals surface area (Å²) in [6, 6.07) is 0. The highest BCUT2D eigenvalue weighted by molar-refractivity contribution is 9.09. The number of alkyl halides is 2. The van der Waals surface area contributed by atoms with Gasteiger partial charge in [0.25, 0.3) is 0 Å². The quantitative estimate of drug-likeness (QED) is 0.691. The number of hydrogen-bond acceptors (Lipinski definition) is 2. The summed E-state index contributed by atoms with van der Waals surface area (Å²) in [6.07, 6.45) is 2.27. The van der Waals surface area contributed by atoms with Crippen molar-refractivity contribution in [2.24, 2.45) is 0 Å². The maximum Gasteiger partial charge on any atom is 0.0587 e. The molecule has 2 N–H and O–H groups in total. The van der Waals surface area contributed by atoms with Gasteiger partial charge in [0.2, 0.25) is 0 Å². The third-order valence-electron chi connectivity index (χ3n) is 1.58. The van der Waals surface area contributed by atoms with Crippen LogP contribution in [0.4, 0.5) is 0 Å². The van der Waals surface area contributed by atoms with Gasteiger partial charge in [-0.3, -0.25) is 0 Å². The smallest absolute Gasteiger partial charge is 0.0587 e. The van der Waals surface area contributed by atoms with Crippen LogP contribution >= 0.6 is 31.9 Å². The van der Waals surface area contributed by atoms with Crippen molar-refractivity contribution >= 4 is 31.9 Å². The van der Waals surface area contributed by atoms with Gasteiger partial charge < -0.3 is 14.9 Å². The molecule has 0 amide bonds. The predicted molar refractivity (Wildman–Crippen MR) is 73.4 cm³/mol. The molecule has 3 nitrogen and oxygen atoms in total. The lowest BCUT2D eigenvalue weighted by atomic mass is 10.4. The van der Waals surface area contributed by atoms with Crippen molar-refractivity contribution in [3.05, 3.63) is 0 Å². The molecule has 0 aromatic rings. The van der Waals surface area contributed by atoms with Gasteiger partial charge in [0.1, 0.15) is 0 Å². The molecule has 0 bridgehead atoms. The zero-order valence-corrected chi connectivity index (χ0v) is 13.2. The van der Waals surface area contributed by atoms with Crippen LogP contribution in [0.5, 0.6) is 0 Å². The first-order valence-corrected chi connectivity index (χ1v) is 6.71. The van der Waals surface area contributed by atoms with Crippen molar-refractivity contribution in [1.29, 1.82) is 0 Å². The fraction of sp³-hybridized carbons (Fsp3) is 1.00. The largest absolute Gasteiger partial charge is 0.412 e. The van der Waals surface area contributed by atoms with Gasteiger partial charge in [0, 0.05) is 23.9 Å². The number of hydrogen-bond donors (Lipinski definition) is 0. The summed E-state index contributed by atoms with van der Waals surface area (Å²) in [5.74, 6) is 0. The molecule has 5 heteroatoms. The average molecular weight is 352 g/mol. The highest BCUT2D eigenvalue weighted by Crippen LogP contribution is 2.03. The number of rotatable bonds is 6. The Morgan fingerprint density at radius 3 is 1.20 bits per heavy atom. The van der Waals surface area contributed by atoms with Crippen LogP contribution in [0.15, 0.2) is 0 Å². The van der Waals surface area contributed by atoms with Crippen LogP contribution in [0.2, 0.25) is 0 Å². The van der Waals surface area contributed by atoms with Crippen molar-refractivity contribution in [2.45, 2.75) is 36.3 Å². The molecule has 0 aliphatic rings. The minimum absolute atomic E-state index is 0. The van der Waals surface area contributed by atoms with E-state index in [1.807, 2.05) is 0 Å². The molecule has 2 unspecified atom stereocenters. The zero-order valence-electron chi connectivity index (χ0n) is 10.1. The Morgan fingerprint density at radius 1 is 0.867 bits per heavy atom. The first-order chi connectivity index (χ1) is 6.62. The highest BCUT2D eigenvalue weighted by Gasteiger charge is 1.96. The van der Waals surface area contributed by atoms with Crippen molar-refractivity contribution in [2.75, 3.05) is 27.4 Å². The Morgan fingerprint density at radius 2 is 1.13 bits per heavy atom. The molecular formula is C10H24Br2O3. The topological polar surface area (TPSA) is 50.0 Å². The molecule has 0 rings (SSSR count). The van der Waals surface area contributed by atoms with Crippen LogP contribution in [-0.2, 0) is 9.47 Å². The maximum absolute atomic E-state index is 4.85. The van der Waals surface area contributed by atoms with E-state index in [9.17, 15) is 0 Å². The summed E-state index contributed by atoms with van der Waals surface area (Å²) in [4.78, 5) is 1.08. The van der Waals surface area contributed by atoms with Gasteiger partial charge in [0.15, 0.2) is 0 Å². The minimum atomic E-state index is 0. The van der Waals surface area contributed by atoms with Gasteiger partial charge in [-0.1, -0.05) is 45.7 Å². The van der Waals surface area contributed by atoms with Crippen molar-refractivity contribution < 1.29 is 14.9 Å². The normalized spacial score (nSPS) is 13.2. The van der Waals surface area contributed by atoms with Crippen molar-refractivity contribution in [1.82, 2.24) is 0 Å². The molecule has 0 saturated carbocycles. The van der Waals surface area contributed by atoms with Crippen LogP contribution < -0.4 is 0 Å². The van der Waals surface area contributed by atoms with Crippen LogP contribution in [0.3, 0.4) is 0 Å². The maximum atomic E-state index is 4.85. The van der Waals surface area contributed by atoms with Crippen LogP contribution in [0.25, 0.3) is 0 Å². The third-order valence-corrected chi connectivity index (χ3v) is 3.40. The third kappa shape index (κ3) is 20.8. The van der Waals surface area contributed by atoms with Crippen molar-refractivity contribution in [3.8, 4) is 0 Å². The molecule has 0 aliphatic carbocycles. The lowest BCUT2D eigenvalue weighted by molar-refractivity contribution is 0.200. The molecule has 2 atom stereocenters. The lowest BCUT2D eigenvalue weighted by Crippen LogP contribution is -2.03. The fourth-order valence-electron chi connectivity index (χ4n) is 0.597. The number of methoxy groups -OCH3 is 2. The summed E-state index contributed by atoms with van der Waals surface area (Å²) in [5, 5.41) is 0. The summed E-state index contributed by atoms with van der Waals surface area (Å²) in [6.45, 7) is 5.88. The zero-order chi connectivity index (χ0) is 11.4. The summed E-state index contributed by atoms with van der Waals surface area (Å²) < 4.78 is 9.70. The molecule has 0 aromatic carbocycles. The molecule has 0 aliphatic heterocycles. The molecule has 0 saturated heterocycles. The standard InChI is InChI=1S/2C5H11BrO.H2O/c2*1-3-5(6)4-7-2;/h2*5H,3-4H2,1-2H3;1H2. The van der Waals surface area contributed by atoms with E-state index in [-0.39, 0.29) is 5.48 Å². The second-order valence-corrected chi connectivity index (χ2v) is 5.51. The van der Waals surface area contributed by atoms with Crippen LogP contribution in [0, 0.1) is 0 Å². The summed E-state index contributed by atoms with van der Waals surface area (Å²) in [5.41, 5.74) is 0. The molecule has 0 aromatic heterocycles. The van der Waals surface area contributed by atoms with Gasteiger partial charge in [0.05, 0.1) is 13.2 Å². The van der Waals surface area contributed by atoms with E-state index in [4.69, 9.17) is 9.47 Å². The van der Waals surface area contributed by atoms with Gasteiger partial charge in [-0.25, -0.2) is 0 Å². The van der Waals surface area contributed by atoms with Gasteiger partial charge in [-0.05, 0) is 12.8 Å². The van der Waals surface area contributed by atoms with Gasteiger partial charge >= 0.3 is 0 Å². The lowest BCUT2D eigenvalue weighted by Gasteiger charge is -2.01. The summed E-state index contributed by atoms with van der Waals surface area (Å²) in [7, 11) is 3.42. The van der Waals surface area contributed by atoms with Crippen molar-refractivity contribution in [3.63, 3.8) is 0 Å². The van der Waals surface area contributed by atoms with E-state index < -0.39 is 0 Å². The number of halogens is 2. The predicted octanol–water partition coefficient (Wildman–Crippen LogP) is 2.79. The fourth-order valence-corrected chi connectivity index (χ4v) is 1.13. The average Bonchev–Trinajstić information content (AvgIpc) is 2.19. The second kappa shape index (κ2) is 17.2. The first kappa shape index (κ1) is 21.2. The van der Waals surface area contributed by atoms with Crippen LogP contribution in [0.1, 0.15) is 26.7 Å². The molecule has 96 valence electrons. The molecule has 0 radical (unpaired) electrons. The molecular weight excluding hydrogens is 328 g/mol. The molecule has 0 fully saturated rings. The summed E-state index contributed by atoms with van der Waals surface area (Å²) >= 11 is 6.82. The molecule has 0 heterocycles. The minimum Gasteiger partial charge on any atom is -0.412 e. The first-order valence-electron chi connectivity index (χ1n) is 4.88. The van der Waals surface area contributed by atoms with Crippen LogP contribution in [-0.4, -0.2) is 42.6 Å². The second-order valence-electron chi connectivity index (χ2n) is 2.92. The monoisotopic (exact) mass is 350 g/mol. The van der Waals surface area contributed by atoms with E-state index in [1.54, 1.807) is 14.2 Å². The Kier molecular flexibility index (Phi) is 24.3. The Labute approximate surface area is 110 Å².